The van der Waals surface area contributed by atoms with Crippen LogP contribution in [0.3, 0.4) is 0 Å². The summed E-state index contributed by atoms with van der Waals surface area (Å²) in [6, 6.07) is 6.80. The molecule has 2 aliphatic heterocycles. The Bertz CT molecular complexity index is 590. The van der Waals surface area contributed by atoms with E-state index in [0.717, 1.165) is 38.2 Å². The van der Waals surface area contributed by atoms with Gasteiger partial charge >= 0.3 is 0 Å². The van der Waals surface area contributed by atoms with Crippen LogP contribution >= 0.6 is 0 Å². The van der Waals surface area contributed by atoms with Crippen LogP contribution in [0.1, 0.15) is 30.4 Å². The molecule has 0 aliphatic carbocycles. The maximum atomic E-state index is 12.2. The van der Waals surface area contributed by atoms with E-state index in [1.165, 1.54) is 11.1 Å². The number of rotatable bonds is 5. The van der Waals surface area contributed by atoms with Gasteiger partial charge in [0.25, 0.3) is 0 Å². The first-order chi connectivity index (χ1) is 11.6. The highest BCUT2D eigenvalue weighted by atomic mass is 16.5. The van der Waals surface area contributed by atoms with Crippen LogP contribution in [-0.4, -0.2) is 55.0 Å². The van der Waals surface area contributed by atoms with E-state index in [1.54, 1.807) is 7.11 Å². The van der Waals surface area contributed by atoms with Crippen LogP contribution in [-0.2, 0) is 11.3 Å². The number of hydrogen-bond donors (Lipinski definition) is 1. The summed E-state index contributed by atoms with van der Waals surface area (Å²) in [6.45, 7) is 6.33. The minimum atomic E-state index is 0.287. The predicted octanol–water partition coefficient (Wildman–Crippen LogP) is 1.78. The molecule has 0 spiro atoms. The molecule has 5 nitrogen and oxygen atoms in total. The van der Waals surface area contributed by atoms with Crippen molar-refractivity contribution in [2.45, 2.75) is 38.8 Å². The van der Waals surface area contributed by atoms with Gasteiger partial charge in [-0.1, -0.05) is 12.1 Å². The lowest BCUT2D eigenvalue weighted by molar-refractivity contribution is -0.141. The van der Waals surface area contributed by atoms with Gasteiger partial charge in [-0.25, -0.2) is 0 Å². The van der Waals surface area contributed by atoms with Crippen molar-refractivity contribution >= 4 is 5.91 Å². The van der Waals surface area contributed by atoms with Crippen molar-refractivity contribution < 1.29 is 9.53 Å². The zero-order chi connectivity index (χ0) is 17.1. The minimum Gasteiger partial charge on any atom is -0.496 e. The summed E-state index contributed by atoms with van der Waals surface area (Å²) in [5.41, 5.74) is 8.16. The molecule has 3 rings (SSSR count). The molecule has 1 amide bonds. The summed E-state index contributed by atoms with van der Waals surface area (Å²) in [7, 11) is 1.74. The van der Waals surface area contributed by atoms with Crippen molar-refractivity contribution in [3.05, 3.63) is 29.3 Å². The summed E-state index contributed by atoms with van der Waals surface area (Å²) in [5.74, 6) is 1.83. The molecular formula is C19H29N3O2. The predicted molar refractivity (Wildman–Crippen MR) is 94.9 cm³/mol. The summed E-state index contributed by atoms with van der Waals surface area (Å²) >= 11 is 0. The lowest BCUT2D eigenvalue weighted by Crippen LogP contribution is -2.56. The first kappa shape index (κ1) is 17.2. The van der Waals surface area contributed by atoms with Crippen LogP contribution in [0, 0.1) is 12.8 Å². The topological polar surface area (TPSA) is 58.8 Å². The molecule has 2 N–H and O–H groups in total. The second-order valence-corrected chi connectivity index (χ2v) is 7.08. The highest BCUT2D eigenvalue weighted by Crippen LogP contribution is 2.32. The first-order valence-corrected chi connectivity index (χ1v) is 8.97. The zero-order valence-electron chi connectivity index (χ0n) is 14.8. The smallest absolute Gasteiger partial charge is 0.222 e. The van der Waals surface area contributed by atoms with Crippen LogP contribution in [0.2, 0.25) is 0 Å². The van der Waals surface area contributed by atoms with Crippen molar-refractivity contribution in [2.24, 2.45) is 11.7 Å². The molecule has 2 saturated heterocycles. The zero-order valence-corrected chi connectivity index (χ0v) is 14.8. The van der Waals surface area contributed by atoms with Gasteiger partial charge in [0.15, 0.2) is 0 Å². The molecule has 2 atom stereocenters. The van der Waals surface area contributed by atoms with Crippen molar-refractivity contribution in [2.75, 3.05) is 33.3 Å². The number of nitrogens with two attached hydrogens (primary N) is 1. The van der Waals surface area contributed by atoms with Crippen molar-refractivity contribution in [1.29, 1.82) is 0 Å². The molecule has 0 aromatic heterocycles. The summed E-state index contributed by atoms with van der Waals surface area (Å²) < 4.78 is 5.54. The van der Waals surface area contributed by atoms with Crippen molar-refractivity contribution in [3.8, 4) is 5.75 Å². The van der Waals surface area contributed by atoms with Gasteiger partial charge in [-0.15, -0.1) is 0 Å². The Morgan fingerprint density at radius 3 is 2.92 bits per heavy atom. The number of aryl methyl sites for hydroxylation is 1. The van der Waals surface area contributed by atoms with E-state index in [4.69, 9.17) is 10.5 Å². The lowest BCUT2D eigenvalue weighted by atomic mass is 9.83. The van der Waals surface area contributed by atoms with Crippen LogP contribution in [0.25, 0.3) is 0 Å². The van der Waals surface area contributed by atoms with Gasteiger partial charge in [0.05, 0.1) is 7.11 Å². The van der Waals surface area contributed by atoms with Gasteiger partial charge in [0, 0.05) is 50.7 Å². The maximum Gasteiger partial charge on any atom is 0.222 e. The molecule has 2 aliphatic rings. The molecule has 0 radical (unpaired) electrons. The number of amides is 1. The summed E-state index contributed by atoms with van der Waals surface area (Å²) in [6.07, 6.45) is 2.72. The Kier molecular flexibility index (Phi) is 5.41. The largest absolute Gasteiger partial charge is 0.496 e. The van der Waals surface area contributed by atoms with Crippen molar-refractivity contribution in [1.82, 2.24) is 9.80 Å². The maximum absolute atomic E-state index is 12.2. The fraction of sp³-hybridized carbons (Fsp3) is 0.632. The highest BCUT2D eigenvalue weighted by Gasteiger charge is 2.38. The fourth-order valence-corrected chi connectivity index (χ4v) is 4.22. The van der Waals surface area contributed by atoms with E-state index in [-0.39, 0.29) is 5.91 Å². The van der Waals surface area contributed by atoms with Gasteiger partial charge < -0.3 is 15.4 Å². The Balaban J connectivity index is 1.66. The number of likely N-dealkylation sites (tertiary alicyclic amines) is 2. The van der Waals surface area contributed by atoms with E-state index in [2.05, 4.69) is 30.0 Å². The molecule has 0 unspecified atom stereocenters. The molecule has 0 saturated carbocycles. The van der Waals surface area contributed by atoms with Gasteiger partial charge in [-0.2, -0.15) is 0 Å². The third-order valence-corrected chi connectivity index (χ3v) is 5.43. The highest BCUT2D eigenvalue weighted by molar-refractivity contribution is 5.77. The van der Waals surface area contributed by atoms with Crippen LogP contribution in [0.5, 0.6) is 5.75 Å². The fourth-order valence-electron chi connectivity index (χ4n) is 4.22. The second-order valence-electron chi connectivity index (χ2n) is 7.08. The third kappa shape index (κ3) is 3.57. The Labute approximate surface area is 144 Å². The molecule has 24 heavy (non-hydrogen) atoms. The SMILES string of the molecule is COc1cc(C)ccc1CN1CC[C@@H]2[C@@H](CCC(=O)N2CCN)C1. The van der Waals surface area contributed by atoms with E-state index >= 15 is 0 Å². The third-order valence-electron chi connectivity index (χ3n) is 5.43. The molecular weight excluding hydrogens is 302 g/mol. The lowest BCUT2D eigenvalue weighted by Gasteiger charge is -2.47. The van der Waals surface area contributed by atoms with E-state index in [1.807, 2.05) is 4.90 Å². The number of fused-ring (bicyclic) bond motifs is 1. The standard InChI is InChI=1S/C19H29N3O2/c1-14-3-4-16(18(11-14)24-2)13-21-9-7-17-15(12-21)5-6-19(23)22(17)10-8-20/h3-4,11,15,17H,5-10,12-13,20H2,1-2H3/t15-,17+/m0/s1. The summed E-state index contributed by atoms with van der Waals surface area (Å²) in [4.78, 5) is 16.7. The number of hydrogen-bond acceptors (Lipinski definition) is 4. The Morgan fingerprint density at radius 1 is 1.33 bits per heavy atom. The minimum absolute atomic E-state index is 0.287. The number of nitrogens with zero attached hydrogens (tertiary/aromatic N) is 2. The van der Waals surface area contributed by atoms with Crippen LogP contribution in [0.15, 0.2) is 18.2 Å². The van der Waals surface area contributed by atoms with Gasteiger partial charge in [-0.3, -0.25) is 9.69 Å². The molecule has 132 valence electrons. The number of carbonyl (C=O) groups is 1. The monoisotopic (exact) mass is 331 g/mol. The van der Waals surface area contributed by atoms with Gasteiger partial charge in [0.1, 0.15) is 5.75 Å². The average molecular weight is 331 g/mol. The number of piperidine rings is 2. The Hall–Kier alpha value is -1.59. The quantitative estimate of drug-likeness (QED) is 0.893. The first-order valence-electron chi connectivity index (χ1n) is 8.97. The number of carbonyl (C=O) groups excluding carboxylic acids is 1. The molecule has 1 aromatic rings. The Morgan fingerprint density at radius 2 is 2.17 bits per heavy atom. The van der Waals surface area contributed by atoms with E-state index in [0.29, 0.717) is 31.5 Å². The second kappa shape index (κ2) is 7.53. The van der Waals surface area contributed by atoms with Crippen molar-refractivity contribution in [3.63, 3.8) is 0 Å². The molecule has 2 fully saturated rings. The molecule has 0 bridgehead atoms. The van der Waals surface area contributed by atoms with Gasteiger partial charge in [-0.05, 0) is 37.3 Å². The summed E-state index contributed by atoms with van der Waals surface area (Å²) in [5, 5.41) is 0. The normalized spacial score (nSPS) is 24.8. The van der Waals surface area contributed by atoms with Gasteiger partial charge in [0.2, 0.25) is 5.91 Å². The van der Waals surface area contributed by atoms with Crippen LogP contribution in [0.4, 0.5) is 0 Å². The van der Waals surface area contributed by atoms with E-state index < -0.39 is 0 Å². The van der Waals surface area contributed by atoms with E-state index in [9.17, 15) is 4.79 Å². The number of benzene rings is 1. The molecule has 5 heteroatoms. The number of ether oxygens (including phenoxy) is 1. The molecule has 1 aromatic carbocycles. The van der Waals surface area contributed by atoms with Crippen LogP contribution < -0.4 is 10.5 Å². The number of methoxy groups -OCH3 is 1. The average Bonchev–Trinajstić information content (AvgIpc) is 2.59. The molecule has 2 heterocycles.